The molecule has 0 aliphatic carbocycles. The minimum Gasteiger partial charge on any atom is -0.309 e. The Morgan fingerprint density at radius 2 is 0.964 bits per heavy atom. The van der Waals surface area contributed by atoms with Crippen molar-refractivity contribution in [1.82, 2.24) is 4.57 Å². The number of hydrogen-bond acceptors (Lipinski definition) is 2. The van der Waals surface area contributed by atoms with Crippen molar-refractivity contribution in [2.24, 2.45) is 0 Å². The van der Waals surface area contributed by atoms with Gasteiger partial charge >= 0.3 is 0 Å². The second-order valence-corrected chi connectivity index (χ2v) is 15.2. The first-order chi connectivity index (χ1) is 27.3. The number of benzene rings is 9. The van der Waals surface area contributed by atoms with Gasteiger partial charge in [0.2, 0.25) is 0 Å². The molecule has 0 saturated carbocycles. The topological polar surface area (TPSA) is 8.17 Å². The molecule has 0 saturated heterocycles. The summed E-state index contributed by atoms with van der Waals surface area (Å²) < 4.78 is 5.00. The van der Waals surface area contributed by atoms with E-state index in [1.165, 1.54) is 75.0 Å². The van der Waals surface area contributed by atoms with Crippen LogP contribution in [0.15, 0.2) is 206 Å². The Morgan fingerprint density at radius 1 is 0.382 bits per heavy atom. The van der Waals surface area contributed by atoms with Crippen molar-refractivity contribution in [3.63, 3.8) is 0 Å². The maximum atomic E-state index is 2.45. The zero-order valence-corrected chi connectivity index (χ0v) is 30.7. The Labute approximate surface area is 323 Å². The van der Waals surface area contributed by atoms with Gasteiger partial charge in [-0.2, -0.15) is 0 Å². The number of nitrogens with zero attached hydrogens (tertiary/aromatic N) is 2. The largest absolute Gasteiger partial charge is 0.309 e. The van der Waals surface area contributed by atoms with Gasteiger partial charge in [0, 0.05) is 53.3 Å². The number of rotatable bonds is 6. The molecule has 2 heterocycles. The lowest BCUT2D eigenvalue weighted by molar-refractivity contribution is 1.18. The van der Waals surface area contributed by atoms with Gasteiger partial charge in [-0.05, 0) is 82.7 Å². The van der Waals surface area contributed by atoms with E-state index in [4.69, 9.17) is 0 Å². The van der Waals surface area contributed by atoms with Crippen LogP contribution in [0.5, 0.6) is 0 Å². The van der Waals surface area contributed by atoms with Crippen molar-refractivity contribution in [2.75, 3.05) is 4.90 Å². The van der Waals surface area contributed by atoms with Crippen molar-refractivity contribution >= 4 is 81.1 Å². The molecule has 0 fully saturated rings. The molecule has 9 aromatic carbocycles. The lowest BCUT2D eigenvalue weighted by atomic mass is 9.96. The van der Waals surface area contributed by atoms with E-state index in [1.807, 2.05) is 11.3 Å². The minimum absolute atomic E-state index is 1.11. The zero-order valence-electron chi connectivity index (χ0n) is 29.9. The molecule has 0 aliphatic heterocycles. The number of aromatic nitrogens is 1. The molecule has 11 rings (SSSR count). The van der Waals surface area contributed by atoms with Gasteiger partial charge in [0.1, 0.15) is 0 Å². The van der Waals surface area contributed by atoms with Gasteiger partial charge in [-0.1, -0.05) is 146 Å². The minimum atomic E-state index is 1.11. The summed E-state index contributed by atoms with van der Waals surface area (Å²) in [7, 11) is 0. The first-order valence-electron chi connectivity index (χ1n) is 18.8. The van der Waals surface area contributed by atoms with Crippen LogP contribution in [0.4, 0.5) is 17.1 Å². The van der Waals surface area contributed by atoms with Gasteiger partial charge in [0.05, 0.1) is 22.4 Å². The number of thiophene rings is 1. The zero-order chi connectivity index (χ0) is 36.3. The van der Waals surface area contributed by atoms with E-state index in [2.05, 4.69) is 216 Å². The molecule has 2 aromatic heterocycles. The number of anilines is 3. The molecule has 0 aliphatic rings. The summed E-state index contributed by atoms with van der Waals surface area (Å²) in [6.45, 7) is 0. The molecule has 55 heavy (non-hydrogen) atoms. The third-order valence-corrected chi connectivity index (χ3v) is 12.1. The Balaban J connectivity index is 1.07. The first kappa shape index (κ1) is 31.6. The van der Waals surface area contributed by atoms with Crippen molar-refractivity contribution in [3.8, 4) is 27.9 Å². The van der Waals surface area contributed by atoms with Gasteiger partial charge in [-0.25, -0.2) is 0 Å². The van der Waals surface area contributed by atoms with E-state index in [-0.39, 0.29) is 0 Å². The Hall–Kier alpha value is -6.94. The predicted octanol–water partition coefficient (Wildman–Crippen LogP) is 15.1. The fourth-order valence-electron chi connectivity index (χ4n) is 8.53. The van der Waals surface area contributed by atoms with E-state index in [0.29, 0.717) is 0 Å². The molecule has 0 bridgehead atoms. The van der Waals surface area contributed by atoms with Gasteiger partial charge < -0.3 is 9.47 Å². The lowest BCUT2D eigenvalue weighted by Gasteiger charge is -2.29. The summed E-state index contributed by atoms with van der Waals surface area (Å²) in [6, 6.07) is 75.2. The maximum Gasteiger partial charge on any atom is 0.0541 e. The summed E-state index contributed by atoms with van der Waals surface area (Å²) in [6.07, 6.45) is 0. The van der Waals surface area contributed by atoms with Crippen molar-refractivity contribution in [2.45, 2.75) is 0 Å². The van der Waals surface area contributed by atoms with Crippen LogP contribution in [-0.4, -0.2) is 4.57 Å². The van der Waals surface area contributed by atoms with Crippen LogP contribution in [0.1, 0.15) is 0 Å². The van der Waals surface area contributed by atoms with Crippen LogP contribution < -0.4 is 4.90 Å². The van der Waals surface area contributed by atoms with Crippen LogP contribution >= 0.6 is 11.3 Å². The van der Waals surface area contributed by atoms with Crippen LogP contribution in [0, 0.1) is 0 Å². The van der Waals surface area contributed by atoms with Crippen LogP contribution in [0.3, 0.4) is 0 Å². The van der Waals surface area contributed by atoms with Gasteiger partial charge in [0.25, 0.3) is 0 Å². The van der Waals surface area contributed by atoms with E-state index in [9.17, 15) is 0 Å². The molecule has 11 aromatic rings. The van der Waals surface area contributed by atoms with Gasteiger partial charge in [0.15, 0.2) is 0 Å². The molecule has 0 spiro atoms. The highest BCUT2D eigenvalue weighted by Gasteiger charge is 2.21. The highest BCUT2D eigenvalue weighted by atomic mass is 32.1. The maximum absolute atomic E-state index is 2.45. The normalized spacial score (nSPS) is 11.6. The van der Waals surface area contributed by atoms with Crippen molar-refractivity contribution < 1.29 is 0 Å². The second-order valence-electron chi connectivity index (χ2n) is 14.1. The molecule has 2 nitrogen and oxygen atoms in total. The Kier molecular flexibility index (Phi) is 7.39. The van der Waals surface area contributed by atoms with Crippen molar-refractivity contribution in [3.05, 3.63) is 206 Å². The monoisotopic (exact) mass is 718 g/mol. The van der Waals surface area contributed by atoms with E-state index >= 15 is 0 Å². The van der Waals surface area contributed by atoms with Gasteiger partial charge in [-0.3, -0.25) is 0 Å². The number of fused-ring (bicyclic) bond motifs is 7. The average Bonchev–Trinajstić information content (AvgIpc) is 3.81. The summed E-state index contributed by atoms with van der Waals surface area (Å²) >= 11 is 1.86. The van der Waals surface area contributed by atoms with E-state index in [1.54, 1.807) is 0 Å². The van der Waals surface area contributed by atoms with E-state index in [0.717, 1.165) is 22.7 Å². The number of para-hydroxylation sites is 3. The first-order valence-corrected chi connectivity index (χ1v) is 19.6. The smallest absolute Gasteiger partial charge is 0.0541 e. The third-order valence-electron chi connectivity index (χ3n) is 11.0. The molecular weight excluding hydrogens is 685 g/mol. The third kappa shape index (κ3) is 5.16. The molecule has 3 heteroatoms. The molecule has 0 atom stereocenters. The standard InChI is InChI=1S/C52H34N2S/c1-2-18-40-36(14-1)15-12-27-46(40)53(49-26-9-5-21-43(49)44-23-13-29-51-52(44)45-22-6-10-28-50(45)55-51)38-32-30-35(31-33-38)37-16-11-17-39(34-37)54-47-24-7-3-19-41(47)42-20-4-8-25-48(42)54/h1-34H. The van der Waals surface area contributed by atoms with E-state index < -0.39 is 0 Å². The highest BCUT2D eigenvalue weighted by molar-refractivity contribution is 7.25. The fourth-order valence-corrected chi connectivity index (χ4v) is 9.67. The fraction of sp³-hybridized carbons (Fsp3) is 0. The quantitative estimate of drug-likeness (QED) is 0.166. The SMILES string of the molecule is c1cc(-c2ccc(N(c3ccccc3-c3cccc4sc5ccccc5c34)c3cccc4ccccc34)cc2)cc(-n2c3ccccc3c3ccccc32)c1. The molecular formula is C52H34N2S. The van der Waals surface area contributed by atoms with Crippen LogP contribution in [-0.2, 0) is 0 Å². The second kappa shape index (κ2) is 12.9. The molecule has 0 radical (unpaired) electrons. The molecule has 0 amide bonds. The highest BCUT2D eigenvalue weighted by Crippen LogP contribution is 2.47. The average molecular weight is 719 g/mol. The Bertz CT molecular complexity index is 3160. The Morgan fingerprint density at radius 3 is 1.78 bits per heavy atom. The van der Waals surface area contributed by atoms with Gasteiger partial charge in [-0.15, -0.1) is 11.3 Å². The number of hydrogen-bond donors (Lipinski definition) is 0. The summed E-state index contributed by atoms with van der Waals surface area (Å²) in [4.78, 5) is 2.45. The van der Waals surface area contributed by atoms with Crippen molar-refractivity contribution in [1.29, 1.82) is 0 Å². The predicted molar refractivity (Wildman–Crippen MR) is 237 cm³/mol. The van der Waals surface area contributed by atoms with Crippen LogP contribution in [0.2, 0.25) is 0 Å². The lowest BCUT2D eigenvalue weighted by Crippen LogP contribution is -2.11. The summed E-state index contributed by atoms with van der Waals surface area (Å²) in [5.41, 5.74) is 11.8. The summed E-state index contributed by atoms with van der Waals surface area (Å²) in [5.74, 6) is 0. The molecule has 258 valence electrons. The summed E-state index contributed by atoms with van der Waals surface area (Å²) in [5, 5.41) is 7.58. The molecule has 0 unspecified atom stereocenters. The van der Waals surface area contributed by atoms with Crippen LogP contribution in [0.25, 0.3) is 80.7 Å². The molecule has 0 N–H and O–H groups in total.